The number of hydrogen-bond donors (Lipinski definition) is 3. The third-order valence-electron chi connectivity index (χ3n) is 2.21. The van der Waals surface area contributed by atoms with Crippen molar-refractivity contribution in [2.24, 2.45) is 5.92 Å². The summed E-state index contributed by atoms with van der Waals surface area (Å²) < 4.78 is 6.54. The van der Waals surface area contributed by atoms with E-state index in [9.17, 15) is 4.79 Å². The smallest absolute Gasteiger partial charge is 0.205 e. The van der Waals surface area contributed by atoms with Gasteiger partial charge >= 0.3 is 0 Å². The van der Waals surface area contributed by atoms with Crippen molar-refractivity contribution in [2.45, 2.75) is 18.9 Å². The molecule has 0 bridgehead atoms. The Balaban J connectivity index is 2.57. The molecular formula is C7H13NO2S3. The van der Waals surface area contributed by atoms with Gasteiger partial charge in [-0.1, -0.05) is 25.6 Å². The van der Waals surface area contributed by atoms with Gasteiger partial charge < -0.3 is 4.74 Å². The highest BCUT2D eigenvalue weighted by molar-refractivity contribution is 7.97. The van der Waals surface area contributed by atoms with E-state index in [0.717, 1.165) is 12.8 Å². The normalized spacial score (nSPS) is 21.8. The number of thiol groups is 3. The molecule has 1 aliphatic heterocycles. The minimum Gasteiger partial charge on any atom is -0.381 e. The standard InChI is InChI=1S/C7H13NO2S3/c9-7(11)6(8(12)13)5-1-3-10-4-2-5/h5-6,12-13H,1-4H2,(H,9,11). The summed E-state index contributed by atoms with van der Waals surface area (Å²) in [5.41, 5.74) is 0. The molecule has 1 fully saturated rings. The maximum Gasteiger partial charge on any atom is 0.205 e. The monoisotopic (exact) mass is 239 g/mol. The first-order valence-corrected chi connectivity index (χ1v) is 5.35. The Labute approximate surface area is 94.7 Å². The molecule has 0 aromatic heterocycles. The number of rotatable bonds is 3. The average Bonchev–Trinajstić information content (AvgIpc) is 2.04. The summed E-state index contributed by atoms with van der Waals surface area (Å²) in [6, 6.07) is -0.320. The molecule has 1 atom stereocenters. The fraction of sp³-hybridized carbons (Fsp3) is 0.857. The van der Waals surface area contributed by atoms with Crippen LogP contribution in [0.3, 0.4) is 0 Å². The van der Waals surface area contributed by atoms with Crippen LogP contribution in [0.5, 0.6) is 0 Å². The number of nitrogens with zero attached hydrogens (tertiary/aromatic N) is 1. The summed E-state index contributed by atoms with van der Waals surface area (Å²) in [5, 5.41) is -0.183. The highest BCUT2D eigenvalue weighted by Gasteiger charge is 2.30. The molecule has 0 N–H and O–H groups in total. The number of ether oxygens (including phenoxy) is 1. The third kappa shape index (κ3) is 3.36. The summed E-state index contributed by atoms with van der Waals surface area (Å²) in [6.07, 6.45) is 1.74. The van der Waals surface area contributed by atoms with Crippen molar-refractivity contribution in [1.29, 1.82) is 0 Å². The predicted octanol–water partition coefficient (Wildman–Crippen LogP) is 1.23. The maximum atomic E-state index is 11.2. The molecule has 0 saturated carbocycles. The van der Waals surface area contributed by atoms with Gasteiger partial charge in [-0.05, 0) is 18.8 Å². The Kier molecular flexibility index (Phi) is 4.96. The quantitative estimate of drug-likeness (QED) is 0.647. The molecule has 1 unspecified atom stereocenters. The predicted molar refractivity (Wildman–Crippen MR) is 61.1 cm³/mol. The van der Waals surface area contributed by atoms with E-state index < -0.39 is 0 Å². The molecule has 0 aliphatic carbocycles. The molecule has 76 valence electrons. The molecule has 0 amide bonds. The number of carbonyl (C=O) groups is 1. The molecule has 0 radical (unpaired) electrons. The van der Waals surface area contributed by atoms with Gasteiger partial charge in [0.25, 0.3) is 0 Å². The second-order valence-electron chi connectivity index (χ2n) is 3.05. The van der Waals surface area contributed by atoms with E-state index in [0.29, 0.717) is 13.2 Å². The van der Waals surface area contributed by atoms with Crippen LogP contribution in [0.15, 0.2) is 0 Å². The second kappa shape index (κ2) is 5.50. The Bertz CT molecular complexity index is 183. The SMILES string of the molecule is O=C(S)C(C1CCOCC1)N(S)S. The van der Waals surface area contributed by atoms with Crippen LogP contribution in [0.4, 0.5) is 0 Å². The molecule has 0 aromatic carbocycles. The van der Waals surface area contributed by atoms with Crippen molar-refractivity contribution in [2.75, 3.05) is 13.2 Å². The Morgan fingerprint density at radius 1 is 1.38 bits per heavy atom. The lowest BCUT2D eigenvalue weighted by Crippen LogP contribution is -2.38. The first-order valence-electron chi connectivity index (χ1n) is 4.10. The van der Waals surface area contributed by atoms with Crippen LogP contribution in [0.25, 0.3) is 0 Å². The molecule has 1 rings (SSSR count). The first kappa shape index (κ1) is 11.7. The van der Waals surface area contributed by atoms with Crippen molar-refractivity contribution < 1.29 is 9.53 Å². The molecule has 1 saturated heterocycles. The Hall–Kier alpha value is 0.640. The minimum absolute atomic E-state index is 0.183. The highest BCUT2D eigenvalue weighted by Crippen LogP contribution is 2.26. The van der Waals surface area contributed by atoms with Crippen molar-refractivity contribution in [1.82, 2.24) is 3.71 Å². The maximum absolute atomic E-state index is 11.2. The van der Waals surface area contributed by atoms with Crippen LogP contribution in [0, 0.1) is 5.92 Å². The number of carbonyl (C=O) groups excluding carboxylic acids is 1. The van der Waals surface area contributed by atoms with Gasteiger partial charge in [0, 0.05) is 13.2 Å². The van der Waals surface area contributed by atoms with Gasteiger partial charge in [-0.2, -0.15) is 3.71 Å². The fourth-order valence-electron chi connectivity index (χ4n) is 1.52. The van der Waals surface area contributed by atoms with Crippen LogP contribution in [-0.4, -0.2) is 28.1 Å². The van der Waals surface area contributed by atoms with Gasteiger partial charge in [0.05, 0.1) is 0 Å². The second-order valence-corrected chi connectivity index (χ2v) is 4.67. The Morgan fingerprint density at radius 3 is 2.31 bits per heavy atom. The van der Waals surface area contributed by atoms with E-state index in [1.807, 2.05) is 0 Å². The van der Waals surface area contributed by atoms with E-state index >= 15 is 0 Å². The van der Waals surface area contributed by atoms with Crippen LogP contribution in [-0.2, 0) is 9.53 Å². The molecule has 1 heterocycles. The summed E-state index contributed by atoms with van der Waals surface area (Å²) in [4.78, 5) is 11.2. The molecule has 3 nitrogen and oxygen atoms in total. The van der Waals surface area contributed by atoms with E-state index in [1.54, 1.807) is 0 Å². The average molecular weight is 239 g/mol. The third-order valence-corrected chi connectivity index (χ3v) is 2.98. The van der Waals surface area contributed by atoms with Gasteiger partial charge in [0.1, 0.15) is 6.04 Å². The van der Waals surface area contributed by atoms with Crippen LogP contribution in [0.2, 0.25) is 0 Å². The summed E-state index contributed by atoms with van der Waals surface area (Å²) in [6.45, 7) is 1.41. The van der Waals surface area contributed by atoms with Crippen LogP contribution >= 0.6 is 38.3 Å². The lowest BCUT2D eigenvalue weighted by molar-refractivity contribution is -0.115. The summed E-state index contributed by atoms with van der Waals surface area (Å²) >= 11 is 11.9. The molecule has 1 aliphatic rings. The van der Waals surface area contributed by atoms with Crippen LogP contribution < -0.4 is 0 Å². The molecular weight excluding hydrogens is 226 g/mol. The fourth-order valence-corrected chi connectivity index (χ4v) is 2.62. The number of hydrogen-bond acceptors (Lipinski definition) is 5. The van der Waals surface area contributed by atoms with Gasteiger partial charge in [-0.3, -0.25) is 4.79 Å². The van der Waals surface area contributed by atoms with E-state index in [4.69, 9.17) is 4.74 Å². The van der Waals surface area contributed by atoms with Gasteiger partial charge in [-0.25, -0.2) is 0 Å². The minimum atomic E-state index is -0.320. The topological polar surface area (TPSA) is 29.5 Å². The van der Waals surface area contributed by atoms with Crippen molar-refractivity contribution >= 4 is 43.4 Å². The van der Waals surface area contributed by atoms with E-state index in [1.165, 1.54) is 3.71 Å². The molecule has 13 heavy (non-hydrogen) atoms. The summed E-state index contributed by atoms with van der Waals surface area (Å²) in [5.74, 6) is 0.258. The first-order chi connectivity index (χ1) is 6.13. The van der Waals surface area contributed by atoms with Crippen molar-refractivity contribution in [3.8, 4) is 0 Å². The highest BCUT2D eigenvalue weighted by atomic mass is 32.2. The zero-order valence-corrected chi connectivity index (χ0v) is 9.77. The van der Waals surface area contributed by atoms with E-state index in [-0.39, 0.29) is 17.1 Å². The molecule has 6 heteroatoms. The van der Waals surface area contributed by atoms with Gasteiger partial charge in [-0.15, -0.1) is 12.6 Å². The largest absolute Gasteiger partial charge is 0.381 e. The molecule has 0 aromatic rings. The summed E-state index contributed by atoms with van der Waals surface area (Å²) in [7, 11) is 0. The van der Waals surface area contributed by atoms with E-state index in [2.05, 4.69) is 38.3 Å². The lowest BCUT2D eigenvalue weighted by Gasteiger charge is -2.30. The lowest BCUT2D eigenvalue weighted by atomic mass is 9.93. The van der Waals surface area contributed by atoms with Crippen LogP contribution in [0.1, 0.15) is 12.8 Å². The van der Waals surface area contributed by atoms with Crippen molar-refractivity contribution in [3.05, 3.63) is 0 Å². The Morgan fingerprint density at radius 2 is 1.92 bits per heavy atom. The zero-order chi connectivity index (χ0) is 9.84. The molecule has 0 spiro atoms. The van der Waals surface area contributed by atoms with Gasteiger partial charge in [0.2, 0.25) is 5.12 Å². The van der Waals surface area contributed by atoms with Gasteiger partial charge in [0.15, 0.2) is 0 Å². The van der Waals surface area contributed by atoms with Crippen molar-refractivity contribution in [3.63, 3.8) is 0 Å². The zero-order valence-electron chi connectivity index (χ0n) is 7.09.